The largest absolute Gasteiger partial charge is 0.449 e. The van der Waals surface area contributed by atoms with Crippen LogP contribution in [0.1, 0.15) is 50.7 Å². The molecule has 1 fully saturated rings. The number of pyridine rings is 1. The van der Waals surface area contributed by atoms with Crippen LogP contribution in [0.4, 0.5) is 10.3 Å². The molecule has 0 bridgehead atoms. The zero-order valence-electron chi connectivity index (χ0n) is 21.7. The summed E-state index contributed by atoms with van der Waals surface area (Å²) in [4.78, 5) is 43.1. The zero-order chi connectivity index (χ0) is 27.4. The summed E-state index contributed by atoms with van der Waals surface area (Å²) in [6.07, 6.45) is 3.14. The Kier molecular flexibility index (Phi) is 6.22. The van der Waals surface area contributed by atoms with Crippen LogP contribution in [0.2, 0.25) is 5.02 Å². The summed E-state index contributed by atoms with van der Waals surface area (Å²) in [7, 11) is 0. The van der Waals surface area contributed by atoms with Crippen LogP contribution in [-0.4, -0.2) is 50.3 Å². The Bertz CT molecular complexity index is 1560. The van der Waals surface area contributed by atoms with Crippen LogP contribution in [0, 0.1) is 5.82 Å². The maximum Gasteiger partial charge on any atom is 0.290 e. The van der Waals surface area contributed by atoms with E-state index in [9.17, 15) is 14.0 Å². The van der Waals surface area contributed by atoms with E-state index in [1.165, 1.54) is 21.9 Å². The van der Waals surface area contributed by atoms with E-state index in [0.29, 0.717) is 28.3 Å². The van der Waals surface area contributed by atoms with E-state index in [1.807, 2.05) is 26.8 Å². The van der Waals surface area contributed by atoms with Crippen molar-refractivity contribution >= 4 is 40.5 Å². The van der Waals surface area contributed by atoms with Gasteiger partial charge in [-0.05, 0) is 43.5 Å². The van der Waals surface area contributed by atoms with Crippen LogP contribution in [0.5, 0.6) is 0 Å². The molecule has 1 aliphatic heterocycles. The highest BCUT2D eigenvalue weighted by molar-refractivity contribution is 6.30. The monoisotopic (exact) mass is 535 g/mol. The number of aromatic nitrogens is 3. The average Bonchev–Trinajstić information content (AvgIpc) is 3.30. The van der Waals surface area contributed by atoms with E-state index in [-0.39, 0.29) is 35.2 Å². The van der Waals surface area contributed by atoms with Crippen LogP contribution in [-0.2, 0) is 10.2 Å². The Balaban J connectivity index is 1.53. The molecular weight excluding hydrogens is 509 g/mol. The second kappa shape index (κ2) is 9.16. The molecule has 38 heavy (non-hydrogen) atoms. The van der Waals surface area contributed by atoms with Crippen molar-refractivity contribution in [3.63, 3.8) is 0 Å². The zero-order valence-corrected chi connectivity index (χ0v) is 22.5. The molecule has 2 amide bonds. The minimum Gasteiger partial charge on any atom is -0.449 e. The molecule has 3 aromatic heterocycles. The van der Waals surface area contributed by atoms with Gasteiger partial charge in [-0.3, -0.25) is 14.5 Å². The number of halogens is 2. The Morgan fingerprint density at radius 2 is 1.82 bits per heavy atom. The first-order valence-corrected chi connectivity index (χ1v) is 12.6. The molecule has 0 radical (unpaired) electrons. The molecule has 0 N–H and O–H groups in total. The van der Waals surface area contributed by atoms with Gasteiger partial charge in [-0.25, -0.2) is 19.3 Å². The third-order valence-electron chi connectivity index (χ3n) is 6.74. The Morgan fingerprint density at radius 3 is 2.47 bits per heavy atom. The van der Waals surface area contributed by atoms with Gasteiger partial charge >= 0.3 is 0 Å². The number of piperazine rings is 1. The van der Waals surface area contributed by atoms with Crippen molar-refractivity contribution in [1.29, 1.82) is 0 Å². The lowest BCUT2D eigenvalue weighted by Crippen LogP contribution is -2.65. The van der Waals surface area contributed by atoms with Gasteiger partial charge in [-0.15, -0.1) is 0 Å². The number of fused-ring (bicyclic) bond motifs is 1. The van der Waals surface area contributed by atoms with Crippen molar-refractivity contribution in [1.82, 2.24) is 19.9 Å². The first kappa shape index (κ1) is 25.8. The van der Waals surface area contributed by atoms with Crippen LogP contribution >= 0.6 is 11.6 Å². The van der Waals surface area contributed by atoms with Gasteiger partial charge in [0.1, 0.15) is 16.9 Å². The van der Waals surface area contributed by atoms with Crippen molar-refractivity contribution in [3.8, 4) is 11.3 Å². The second-order valence-electron chi connectivity index (χ2n) is 10.8. The summed E-state index contributed by atoms with van der Waals surface area (Å²) in [5.41, 5.74) is 1.30. The molecule has 8 nitrogen and oxygen atoms in total. The number of nitrogens with zero attached hydrogens (tertiary/aromatic N) is 5. The average molecular weight is 536 g/mol. The van der Waals surface area contributed by atoms with Crippen LogP contribution in [0.3, 0.4) is 0 Å². The number of amides is 2. The van der Waals surface area contributed by atoms with Crippen molar-refractivity contribution in [3.05, 3.63) is 71.0 Å². The Morgan fingerprint density at radius 1 is 1.11 bits per heavy atom. The standard InChI is InChI=1S/C28H27ClFN5O3/c1-27(2,3)17-14-20(16-7-8-18(29)19(30)13-16)33-21-15-22(38-23(17)21)24(36)35-12-11-34(25(37)28(35,4)5)26-31-9-6-10-32-26/h6-10,13-15H,11-12H2,1-5H3. The van der Waals surface area contributed by atoms with Crippen molar-refractivity contribution in [2.75, 3.05) is 18.0 Å². The molecule has 0 aliphatic carbocycles. The van der Waals surface area contributed by atoms with Crippen LogP contribution in [0.25, 0.3) is 22.4 Å². The van der Waals surface area contributed by atoms with E-state index in [1.54, 1.807) is 44.4 Å². The molecule has 1 saturated heterocycles. The predicted octanol–water partition coefficient (Wildman–Crippen LogP) is 5.64. The quantitative estimate of drug-likeness (QED) is 0.337. The maximum absolute atomic E-state index is 14.2. The van der Waals surface area contributed by atoms with Gasteiger partial charge in [0.15, 0.2) is 11.3 Å². The minimum atomic E-state index is -1.17. The van der Waals surface area contributed by atoms with E-state index in [4.69, 9.17) is 16.0 Å². The van der Waals surface area contributed by atoms with Gasteiger partial charge in [0, 0.05) is 42.7 Å². The fourth-order valence-corrected chi connectivity index (χ4v) is 4.74. The molecule has 0 saturated carbocycles. The molecule has 0 spiro atoms. The van der Waals surface area contributed by atoms with Gasteiger partial charge in [0.2, 0.25) is 5.95 Å². The molecular formula is C28H27ClFN5O3. The lowest BCUT2D eigenvalue weighted by atomic mass is 9.86. The number of rotatable bonds is 3. The Labute approximate surface area is 224 Å². The fourth-order valence-electron chi connectivity index (χ4n) is 4.62. The minimum absolute atomic E-state index is 0.0261. The van der Waals surface area contributed by atoms with Gasteiger partial charge in [-0.1, -0.05) is 38.4 Å². The molecule has 0 unspecified atom stereocenters. The molecule has 1 aliphatic rings. The summed E-state index contributed by atoms with van der Waals surface area (Å²) >= 11 is 5.87. The number of carbonyl (C=O) groups excluding carboxylic acids is 2. The van der Waals surface area contributed by atoms with Crippen molar-refractivity contribution in [2.45, 2.75) is 45.6 Å². The van der Waals surface area contributed by atoms with E-state index < -0.39 is 17.3 Å². The lowest BCUT2D eigenvalue weighted by Gasteiger charge is -2.44. The maximum atomic E-state index is 14.2. The number of carbonyl (C=O) groups is 2. The summed E-state index contributed by atoms with van der Waals surface area (Å²) in [5.74, 6) is -0.887. The van der Waals surface area contributed by atoms with Crippen molar-refractivity contribution < 1.29 is 18.4 Å². The summed E-state index contributed by atoms with van der Waals surface area (Å²) in [6, 6.07) is 9.61. The molecule has 4 heterocycles. The van der Waals surface area contributed by atoms with E-state index in [2.05, 4.69) is 15.0 Å². The molecule has 0 atom stereocenters. The van der Waals surface area contributed by atoms with E-state index >= 15 is 0 Å². The van der Waals surface area contributed by atoms with Crippen LogP contribution < -0.4 is 4.90 Å². The summed E-state index contributed by atoms with van der Waals surface area (Å²) in [5, 5.41) is 0.0261. The second-order valence-corrected chi connectivity index (χ2v) is 11.2. The third-order valence-corrected chi connectivity index (χ3v) is 7.05. The smallest absolute Gasteiger partial charge is 0.290 e. The first-order chi connectivity index (χ1) is 17.9. The van der Waals surface area contributed by atoms with Crippen molar-refractivity contribution in [2.24, 2.45) is 0 Å². The van der Waals surface area contributed by atoms with Gasteiger partial charge < -0.3 is 9.32 Å². The number of anilines is 1. The predicted molar refractivity (Wildman–Crippen MR) is 143 cm³/mol. The number of hydrogen-bond donors (Lipinski definition) is 0. The third kappa shape index (κ3) is 4.41. The summed E-state index contributed by atoms with van der Waals surface area (Å²) in [6.45, 7) is 9.95. The SMILES string of the molecule is CC(C)(C)c1cc(-c2ccc(Cl)c(F)c2)nc2cc(C(=O)N3CCN(c4ncccn4)C(=O)C3(C)C)oc12. The molecule has 5 rings (SSSR count). The normalized spacial score (nSPS) is 15.8. The highest BCUT2D eigenvalue weighted by Crippen LogP contribution is 2.36. The highest BCUT2D eigenvalue weighted by Gasteiger charge is 2.46. The number of benzene rings is 1. The lowest BCUT2D eigenvalue weighted by molar-refractivity contribution is -0.130. The molecule has 10 heteroatoms. The number of furan rings is 1. The van der Waals surface area contributed by atoms with E-state index in [0.717, 1.165) is 5.56 Å². The van der Waals surface area contributed by atoms with Crippen LogP contribution in [0.15, 0.2) is 53.2 Å². The van der Waals surface area contributed by atoms with Gasteiger partial charge in [0.05, 0.1) is 10.7 Å². The first-order valence-electron chi connectivity index (χ1n) is 12.2. The molecule has 1 aromatic carbocycles. The van der Waals surface area contributed by atoms with Gasteiger partial charge in [0.25, 0.3) is 11.8 Å². The summed E-state index contributed by atoms with van der Waals surface area (Å²) < 4.78 is 20.3. The Hall–Kier alpha value is -3.85. The molecule has 4 aromatic rings. The van der Waals surface area contributed by atoms with Gasteiger partial charge in [-0.2, -0.15) is 0 Å². The molecule has 196 valence electrons. The number of hydrogen-bond acceptors (Lipinski definition) is 6. The highest BCUT2D eigenvalue weighted by atomic mass is 35.5. The topological polar surface area (TPSA) is 92.4 Å². The fraction of sp³-hybridized carbons (Fsp3) is 0.321.